The first-order chi connectivity index (χ1) is 13.1. The Morgan fingerprint density at radius 1 is 0.778 bits per heavy atom. The number of para-hydroxylation sites is 2. The first-order valence-electron chi connectivity index (χ1n) is 8.32. The second-order valence-electron chi connectivity index (χ2n) is 5.71. The summed E-state index contributed by atoms with van der Waals surface area (Å²) in [4.78, 5) is 24.8. The quantitative estimate of drug-likeness (QED) is 0.598. The third kappa shape index (κ3) is 5.06. The van der Waals surface area contributed by atoms with Gasteiger partial charge in [-0.25, -0.2) is 0 Å². The lowest BCUT2D eigenvalue weighted by atomic mass is 10.1. The molecule has 0 radical (unpaired) electrons. The van der Waals surface area contributed by atoms with E-state index in [1.54, 1.807) is 48.5 Å². The molecule has 3 aromatic rings. The van der Waals surface area contributed by atoms with E-state index in [2.05, 4.69) is 10.6 Å². The Morgan fingerprint density at radius 2 is 1.44 bits per heavy atom. The SMILES string of the molecule is O=C(/C=C/c1ccccc1Cl)Nc1ccccc1C(=O)Nc1ccccc1. The lowest BCUT2D eigenvalue weighted by molar-refractivity contribution is -0.111. The zero-order chi connectivity index (χ0) is 19.1. The van der Waals surface area contributed by atoms with Gasteiger partial charge in [0.05, 0.1) is 11.3 Å². The first kappa shape index (κ1) is 18.4. The van der Waals surface area contributed by atoms with Crippen LogP contribution in [0, 0.1) is 0 Å². The minimum atomic E-state index is -0.352. The van der Waals surface area contributed by atoms with Gasteiger partial charge < -0.3 is 10.6 Å². The van der Waals surface area contributed by atoms with Crippen LogP contribution < -0.4 is 10.6 Å². The molecule has 0 aliphatic heterocycles. The van der Waals surface area contributed by atoms with Crippen LogP contribution in [-0.4, -0.2) is 11.8 Å². The van der Waals surface area contributed by atoms with Gasteiger partial charge in [0.2, 0.25) is 5.91 Å². The van der Waals surface area contributed by atoms with Crippen LogP contribution in [0.25, 0.3) is 6.08 Å². The molecule has 0 saturated carbocycles. The largest absolute Gasteiger partial charge is 0.322 e. The average Bonchev–Trinajstić information content (AvgIpc) is 2.68. The molecule has 0 bridgehead atoms. The Morgan fingerprint density at radius 3 is 2.22 bits per heavy atom. The highest BCUT2D eigenvalue weighted by molar-refractivity contribution is 6.32. The van der Waals surface area contributed by atoms with Crippen molar-refractivity contribution in [2.45, 2.75) is 0 Å². The molecular weight excluding hydrogens is 360 g/mol. The summed E-state index contributed by atoms with van der Waals surface area (Å²) in [6.07, 6.45) is 3.01. The number of nitrogens with one attached hydrogen (secondary N) is 2. The number of hydrogen-bond acceptors (Lipinski definition) is 2. The van der Waals surface area contributed by atoms with Crippen LogP contribution in [0.5, 0.6) is 0 Å². The zero-order valence-electron chi connectivity index (χ0n) is 14.4. The minimum Gasteiger partial charge on any atom is -0.322 e. The van der Waals surface area contributed by atoms with Crippen molar-refractivity contribution >= 4 is 40.9 Å². The highest BCUT2D eigenvalue weighted by atomic mass is 35.5. The van der Waals surface area contributed by atoms with E-state index >= 15 is 0 Å². The third-order valence-corrected chi connectivity index (χ3v) is 4.12. The van der Waals surface area contributed by atoms with Crippen LogP contribution in [0.3, 0.4) is 0 Å². The van der Waals surface area contributed by atoms with Crippen molar-refractivity contribution in [2.24, 2.45) is 0 Å². The van der Waals surface area contributed by atoms with Gasteiger partial charge in [0.25, 0.3) is 5.91 Å². The van der Waals surface area contributed by atoms with Crippen molar-refractivity contribution in [3.8, 4) is 0 Å². The summed E-state index contributed by atoms with van der Waals surface area (Å²) in [6.45, 7) is 0. The second-order valence-corrected chi connectivity index (χ2v) is 6.12. The predicted octanol–water partition coefficient (Wildman–Crippen LogP) is 5.24. The molecule has 0 atom stereocenters. The van der Waals surface area contributed by atoms with Crippen LogP contribution in [0.1, 0.15) is 15.9 Å². The number of benzene rings is 3. The molecular formula is C22H17ClN2O2. The van der Waals surface area contributed by atoms with Gasteiger partial charge in [0.1, 0.15) is 0 Å². The van der Waals surface area contributed by atoms with Gasteiger partial charge in [-0.3, -0.25) is 9.59 Å². The Labute approximate surface area is 162 Å². The maximum absolute atomic E-state index is 12.5. The summed E-state index contributed by atoms with van der Waals surface area (Å²) in [5.74, 6) is -0.651. The molecule has 3 rings (SSSR count). The first-order valence-corrected chi connectivity index (χ1v) is 8.70. The van der Waals surface area contributed by atoms with Crippen LogP contribution in [0.4, 0.5) is 11.4 Å². The molecule has 0 aliphatic carbocycles. The van der Waals surface area contributed by atoms with E-state index in [1.165, 1.54) is 6.08 Å². The molecule has 0 heterocycles. The smallest absolute Gasteiger partial charge is 0.257 e. The van der Waals surface area contributed by atoms with Crippen molar-refractivity contribution in [2.75, 3.05) is 10.6 Å². The van der Waals surface area contributed by atoms with Crippen LogP contribution in [0.2, 0.25) is 5.02 Å². The van der Waals surface area contributed by atoms with Crippen molar-refractivity contribution < 1.29 is 9.59 Å². The number of halogens is 1. The van der Waals surface area contributed by atoms with Gasteiger partial charge in [-0.15, -0.1) is 0 Å². The molecule has 0 aromatic heterocycles. The summed E-state index contributed by atoms with van der Waals surface area (Å²) in [7, 11) is 0. The lowest BCUT2D eigenvalue weighted by Gasteiger charge is -2.10. The molecule has 27 heavy (non-hydrogen) atoms. The van der Waals surface area contributed by atoms with Crippen molar-refractivity contribution in [3.63, 3.8) is 0 Å². The number of anilines is 2. The van der Waals surface area contributed by atoms with Gasteiger partial charge in [-0.05, 0) is 42.0 Å². The number of rotatable bonds is 5. The second kappa shape index (κ2) is 8.83. The van der Waals surface area contributed by atoms with Gasteiger partial charge >= 0.3 is 0 Å². The number of hydrogen-bond donors (Lipinski definition) is 2. The summed E-state index contributed by atoms with van der Waals surface area (Å²) in [6, 6.07) is 23.2. The predicted molar refractivity (Wildman–Crippen MR) is 110 cm³/mol. The normalized spacial score (nSPS) is 10.6. The molecule has 5 heteroatoms. The molecule has 4 nitrogen and oxygen atoms in total. The maximum Gasteiger partial charge on any atom is 0.257 e. The molecule has 0 saturated heterocycles. The Kier molecular flexibility index (Phi) is 6.02. The topological polar surface area (TPSA) is 58.2 Å². The summed E-state index contributed by atoms with van der Waals surface area (Å²) >= 11 is 6.08. The Bertz CT molecular complexity index is 984. The minimum absolute atomic E-state index is 0.299. The third-order valence-electron chi connectivity index (χ3n) is 3.78. The van der Waals surface area contributed by atoms with Crippen LogP contribution in [0.15, 0.2) is 84.9 Å². The summed E-state index contributed by atoms with van der Waals surface area (Å²) in [5, 5.41) is 6.11. The fourth-order valence-electron chi connectivity index (χ4n) is 2.46. The molecule has 0 spiro atoms. The highest BCUT2D eigenvalue weighted by Crippen LogP contribution is 2.19. The van der Waals surface area contributed by atoms with Crippen molar-refractivity contribution in [3.05, 3.63) is 101 Å². The van der Waals surface area contributed by atoms with E-state index in [4.69, 9.17) is 11.6 Å². The van der Waals surface area contributed by atoms with E-state index < -0.39 is 0 Å². The molecule has 2 amide bonds. The van der Waals surface area contributed by atoms with Crippen molar-refractivity contribution in [1.29, 1.82) is 0 Å². The Balaban J connectivity index is 1.73. The van der Waals surface area contributed by atoms with E-state index in [9.17, 15) is 9.59 Å². The molecule has 134 valence electrons. The standard InChI is InChI=1S/C22H17ClN2O2/c23-19-12-6-4-8-16(19)14-15-21(26)25-20-13-7-5-11-18(20)22(27)24-17-9-2-1-3-10-17/h1-15H,(H,24,27)(H,25,26)/b15-14+. The zero-order valence-corrected chi connectivity index (χ0v) is 15.1. The van der Waals surface area contributed by atoms with Gasteiger partial charge in [0, 0.05) is 16.8 Å². The van der Waals surface area contributed by atoms with Gasteiger partial charge in [0.15, 0.2) is 0 Å². The molecule has 3 aromatic carbocycles. The lowest BCUT2D eigenvalue weighted by Crippen LogP contribution is -2.16. The van der Waals surface area contributed by atoms with E-state index in [-0.39, 0.29) is 11.8 Å². The van der Waals surface area contributed by atoms with Gasteiger partial charge in [-0.2, -0.15) is 0 Å². The van der Waals surface area contributed by atoms with E-state index in [0.29, 0.717) is 22.0 Å². The average molecular weight is 377 g/mol. The number of amides is 2. The fourth-order valence-corrected chi connectivity index (χ4v) is 2.66. The van der Waals surface area contributed by atoms with Crippen LogP contribution >= 0.6 is 11.6 Å². The maximum atomic E-state index is 12.5. The fraction of sp³-hybridized carbons (Fsp3) is 0. The summed E-state index contributed by atoms with van der Waals surface area (Å²) < 4.78 is 0. The van der Waals surface area contributed by atoms with E-state index in [1.807, 2.05) is 36.4 Å². The number of carbonyl (C=O) groups excluding carboxylic acids is 2. The Hall–Kier alpha value is -3.37. The van der Waals surface area contributed by atoms with E-state index in [0.717, 1.165) is 5.56 Å². The summed E-state index contributed by atoms with van der Waals surface area (Å²) in [5.41, 5.74) is 2.23. The molecule has 0 unspecified atom stereocenters. The van der Waals surface area contributed by atoms with Crippen LogP contribution in [-0.2, 0) is 4.79 Å². The molecule has 0 aliphatic rings. The number of carbonyl (C=O) groups is 2. The van der Waals surface area contributed by atoms with Gasteiger partial charge in [-0.1, -0.05) is 60.1 Å². The highest BCUT2D eigenvalue weighted by Gasteiger charge is 2.12. The molecule has 0 fully saturated rings. The van der Waals surface area contributed by atoms with Crippen molar-refractivity contribution in [1.82, 2.24) is 0 Å². The monoisotopic (exact) mass is 376 g/mol. The molecule has 2 N–H and O–H groups in total.